The Balaban J connectivity index is 1.25. The summed E-state index contributed by atoms with van der Waals surface area (Å²) >= 11 is 0. The second-order valence-electron chi connectivity index (χ2n) is 8.50. The number of fused-ring (bicyclic) bond motifs is 1. The summed E-state index contributed by atoms with van der Waals surface area (Å²) in [5.41, 5.74) is 3.68. The van der Waals surface area contributed by atoms with Crippen LogP contribution in [-0.4, -0.2) is 68.0 Å². The summed E-state index contributed by atoms with van der Waals surface area (Å²) < 4.78 is 5.53. The van der Waals surface area contributed by atoms with E-state index in [1.54, 1.807) is 7.11 Å². The third kappa shape index (κ3) is 5.59. The number of para-hydroxylation sites is 2. The van der Waals surface area contributed by atoms with E-state index in [1.165, 1.54) is 11.1 Å². The fourth-order valence-corrected chi connectivity index (χ4v) is 4.56. The Hall–Kier alpha value is -3.22. The quantitative estimate of drug-likeness (QED) is 0.400. The highest BCUT2D eigenvalue weighted by Crippen LogP contribution is 2.28. The number of piperazine rings is 1. The van der Waals surface area contributed by atoms with Crippen molar-refractivity contribution in [2.75, 3.05) is 51.3 Å². The predicted octanol–water partition coefficient (Wildman–Crippen LogP) is 3.11. The molecule has 0 saturated carbocycles. The molecule has 7 nitrogen and oxygen atoms in total. The number of benzene rings is 2. The largest absolute Gasteiger partial charge is 0.495 e. The van der Waals surface area contributed by atoms with Crippen LogP contribution in [0, 0.1) is 0 Å². The first-order valence-corrected chi connectivity index (χ1v) is 12.0. The summed E-state index contributed by atoms with van der Waals surface area (Å²) in [6.07, 6.45) is 1.31. The number of amides is 1. The summed E-state index contributed by atoms with van der Waals surface area (Å²) in [7, 11) is 1.72. The van der Waals surface area contributed by atoms with Gasteiger partial charge in [-0.3, -0.25) is 9.79 Å². The summed E-state index contributed by atoms with van der Waals surface area (Å²) in [4.78, 5) is 24.1. The zero-order valence-electron chi connectivity index (χ0n) is 19.8. The lowest BCUT2D eigenvalue weighted by Crippen LogP contribution is -2.52. The van der Waals surface area contributed by atoms with E-state index in [0.717, 1.165) is 69.6 Å². The molecule has 2 aliphatic heterocycles. The minimum atomic E-state index is 0.219. The van der Waals surface area contributed by atoms with E-state index in [-0.39, 0.29) is 5.91 Å². The van der Waals surface area contributed by atoms with Gasteiger partial charge in [0.15, 0.2) is 5.96 Å². The molecule has 0 bridgehead atoms. The highest BCUT2D eigenvalue weighted by atomic mass is 16.5. The first kappa shape index (κ1) is 23.0. The molecule has 1 N–H and O–H groups in total. The lowest BCUT2D eigenvalue weighted by molar-refractivity contribution is -0.131. The summed E-state index contributed by atoms with van der Waals surface area (Å²) in [5.74, 6) is 2.08. The number of ether oxygens (including phenoxy) is 1. The van der Waals surface area contributed by atoms with Crippen molar-refractivity contribution in [3.8, 4) is 5.75 Å². The van der Waals surface area contributed by atoms with Gasteiger partial charge in [0.2, 0.25) is 5.91 Å². The zero-order chi connectivity index (χ0) is 23.0. The minimum Gasteiger partial charge on any atom is -0.495 e. The first-order chi connectivity index (χ1) is 16.2. The molecule has 0 unspecified atom stereocenters. The Bertz CT molecular complexity index is 944. The highest BCUT2D eigenvalue weighted by Gasteiger charge is 2.23. The molecule has 0 aromatic heterocycles. The van der Waals surface area contributed by atoms with Crippen molar-refractivity contribution in [3.63, 3.8) is 0 Å². The van der Waals surface area contributed by atoms with Gasteiger partial charge in [0.1, 0.15) is 5.75 Å². The molecule has 1 fully saturated rings. The molecule has 2 heterocycles. The van der Waals surface area contributed by atoms with Crippen molar-refractivity contribution in [2.45, 2.75) is 32.9 Å². The predicted molar refractivity (Wildman–Crippen MR) is 133 cm³/mol. The maximum atomic E-state index is 12.6. The standard InChI is InChI=1S/C26H35N5O2/c1-3-27-26(30-17-15-29(16-18-30)23-11-6-7-12-24(23)33-2)28-14-8-13-25(32)31-19-21-9-4-5-10-22(21)20-31/h4-7,9-12H,3,8,13-20H2,1-2H3,(H,27,28). The van der Waals surface area contributed by atoms with Crippen LogP contribution in [0.15, 0.2) is 53.5 Å². The number of nitrogens with one attached hydrogen (secondary N) is 1. The van der Waals surface area contributed by atoms with Crippen LogP contribution in [0.3, 0.4) is 0 Å². The molecule has 2 aliphatic rings. The summed E-state index contributed by atoms with van der Waals surface area (Å²) in [6, 6.07) is 16.5. The fraction of sp³-hybridized carbons (Fsp3) is 0.462. The molecular weight excluding hydrogens is 414 g/mol. The molecule has 0 spiro atoms. The average Bonchev–Trinajstić information content (AvgIpc) is 3.30. The average molecular weight is 450 g/mol. The van der Waals surface area contributed by atoms with Crippen molar-refractivity contribution in [2.24, 2.45) is 4.99 Å². The van der Waals surface area contributed by atoms with Crippen molar-refractivity contribution >= 4 is 17.6 Å². The van der Waals surface area contributed by atoms with Crippen LogP contribution in [-0.2, 0) is 17.9 Å². The van der Waals surface area contributed by atoms with Gasteiger partial charge in [-0.05, 0) is 36.6 Å². The van der Waals surface area contributed by atoms with E-state index in [1.807, 2.05) is 29.2 Å². The second kappa shape index (κ2) is 11.1. The lowest BCUT2D eigenvalue weighted by atomic mass is 10.1. The second-order valence-corrected chi connectivity index (χ2v) is 8.50. The van der Waals surface area contributed by atoms with Gasteiger partial charge in [-0.15, -0.1) is 0 Å². The molecule has 2 aromatic carbocycles. The smallest absolute Gasteiger partial charge is 0.223 e. The van der Waals surface area contributed by atoms with Gasteiger partial charge in [-0.2, -0.15) is 0 Å². The van der Waals surface area contributed by atoms with Gasteiger partial charge in [-0.25, -0.2) is 0 Å². The molecular formula is C26H35N5O2. The number of guanidine groups is 1. The van der Waals surface area contributed by atoms with E-state index >= 15 is 0 Å². The number of rotatable bonds is 7. The van der Waals surface area contributed by atoms with Crippen LogP contribution < -0.4 is 15.0 Å². The van der Waals surface area contributed by atoms with Gasteiger partial charge >= 0.3 is 0 Å². The van der Waals surface area contributed by atoms with Crippen molar-refractivity contribution < 1.29 is 9.53 Å². The number of anilines is 1. The number of hydrogen-bond acceptors (Lipinski definition) is 4. The van der Waals surface area contributed by atoms with Crippen LogP contribution >= 0.6 is 0 Å². The molecule has 1 saturated heterocycles. The zero-order valence-corrected chi connectivity index (χ0v) is 19.8. The highest BCUT2D eigenvalue weighted by molar-refractivity contribution is 5.80. The topological polar surface area (TPSA) is 60.4 Å². The molecule has 1 amide bonds. The molecule has 0 aliphatic carbocycles. The monoisotopic (exact) mass is 449 g/mol. The number of methoxy groups -OCH3 is 1. The van der Waals surface area contributed by atoms with Gasteiger partial charge in [0, 0.05) is 58.8 Å². The van der Waals surface area contributed by atoms with E-state index in [0.29, 0.717) is 13.0 Å². The van der Waals surface area contributed by atoms with Crippen molar-refractivity contribution in [1.29, 1.82) is 0 Å². The number of nitrogens with zero attached hydrogens (tertiary/aromatic N) is 4. The third-order valence-corrected chi connectivity index (χ3v) is 6.34. The first-order valence-electron chi connectivity index (χ1n) is 12.0. The van der Waals surface area contributed by atoms with Crippen LogP contribution in [0.2, 0.25) is 0 Å². The minimum absolute atomic E-state index is 0.219. The van der Waals surface area contributed by atoms with Gasteiger partial charge in [-0.1, -0.05) is 36.4 Å². The van der Waals surface area contributed by atoms with Crippen LogP contribution in [0.4, 0.5) is 5.69 Å². The normalized spacial score (nSPS) is 16.1. The molecule has 176 valence electrons. The number of carbonyl (C=O) groups excluding carboxylic acids is 1. The summed E-state index contributed by atoms with van der Waals surface area (Å²) in [6.45, 7) is 8.67. The Kier molecular flexibility index (Phi) is 7.70. The molecule has 7 heteroatoms. The van der Waals surface area contributed by atoms with Gasteiger partial charge < -0.3 is 24.8 Å². The lowest BCUT2D eigenvalue weighted by Gasteiger charge is -2.38. The SMILES string of the molecule is CCNC(=NCCCC(=O)N1Cc2ccccc2C1)N1CCN(c2ccccc2OC)CC1. The Morgan fingerprint density at radius 1 is 0.970 bits per heavy atom. The molecule has 0 radical (unpaired) electrons. The molecule has 4 rings (SSSR count). The molecule has 33 heavy (non-hydrogen) atoms. The van der Waals surface area contributed by atoms with Crippen LogP contribution in [0.25, 0.3) is 0 Å². The number of hydrogen-bond donors (Lipinski definition) is 1. The summed E-state index contributed by atoms with van der Waals surface area (Å²) in [5, 5.41) is 3.42. The Labute approximate surface area is 197 Å². The molecule has 2 aromatic rings. The fourth-order valence-electron chi connectivity index (χ4n) is 4.56. The Morgan fingerprint density at radius 2 is 1.64 bits per heavy atom. The van der Waals surface area contributed by atoms with Gasteiger partial charge in [0.25, 0.3) is 0 Å². The number of carbonyl (C=O) groups is 1. The van der Waals surface area contributed by atoms with E-state index in [9.17, 15) is 4.79 Å². The van der Waals surface area contributed by atoms with Crippen LogP contribution in [0.5, 0.6) is 5.75 Å². The van der Waals surface area contributed by atoms with E-state index in [4.69, 9.17) is 9.73 Å². The van der Waals surface area contributed by atoms with Crippen LogP contribution in [0.1, 0.15) is 30.9 Å². The van der Waals surface area contributed by atoms with Gasteiger partial charge in [0.05, 0.1) is 12.8 Å². The van der Waals surface area contributed by atoms with E-state index in [2.05, 4.69) is 46.3 Å². The Morgan fingerprint density at radius 3 is 2.30 bits per heavy atom. The number of aliphatic imine (C=N–C) groups is 1. The molecule has 0 atom stereocenters. The maximum absolute atomic E-state index is 12.6. The van der Waals surface area contributed by atoms with Crippen molar-refractivity contribution in [3.05, 3.63) is 59.7 Å². The third-order valence-electron chi connectivity index (χ3n) is 6.34. The maximum Gasteiger partial charge on any atom is 0.223 e. The van der Waals surface area contributed by atoms with E-state index < -0.39 is 0 Å². The van der Waals surface area contributed by atoms with Crippen molar-refractivity contribution in [1.82, 2.24) is 15.1 Å².